The lowest BCUT2D eigenvalue weighted by Crippen LogP contribution is -2.32. The summed E-state index contributed by atoms with van der Waals surface area (Å²) < 4.78 is 0. The number of hydrogen-bond donors (Lipinski definition) is 2. The van der Waals surface area contributed by atoms with E-state index in [4.69, 9.17) is 0 Å². The lowest BCUT2D eigenvalue weighted by molar-refractivity contribution is 0.0939. The summed E-state index contributed by atoms with van der Waals surface area (Å²) in [6.45, 7) is 8.01. The summed E-state index contributed by atoms with van der Waals surface area (Å²) in [4.78, 5) is 24.9. The molecule has 2 aromatic rings. The molecule has 0 aliphatic heterocycles. The van der Waals surface area contributed by atoms with Crippen molar-refractivity contribution in [1.82, 2.24) is 5.32 Å². The van der Waals surface area contributed by atoms with E-state index >= 15 is 0 Å². The molecule has 0 heterocycles. The quantitative estimate of drug-likeness (QED) is 0.823. The molecule has 2 aromatic carbocycles. The van der Waals surface area contributed by atoms with Crippen molar-refractivity contribution in [2.75, 3.05) is 5.32 Å². The van der Waals surface area contributed by atoms with Crippen molar-refractivity contribution in [1.29, 1.82) is 0 Å². The molecule has 0 radical (unpaired) electrons. The van der Waals surface area contributed by atoms with E-state index in [9.17, 15) is 9.59 Å². The predicted octanol–water partition coefficient (Wildman–Crippen LogP) is 4.34. The highest BCUT2D eigenvalue weighted by atomic mass is 16.2. The number of anilines is 1. The Morgan fingerprint density at radius 2 is 1.64 bits per heavy atom. The van der Waals surface area contributed by atoms with E-state index in [-0.39, 0.29) is 17.9 Å². The van der Waals surface area contributed by atoms with E-state index in [2.05, 4.69) is 17.6 Å². The Labute approximate surface area is 149 Å². The first-order chi connectivity index (χ1) is 12.0. The molecule has 2 amide bonds. The fourth-order valence-corrected chi connectivity index (χ4v) is 2.60. The Hall–Kier alpha value is -2.62. The van der Waals surface area contributed by atoms with Crippen molar-refractivity contribution in [3.63, 3.8) is 0 Å². The van der Waals surface area contributed by atoms with Crippen LogP contribution in [0.4, 0.5) is 5.69 Å². The Morgan fingerprint density at radius 1 is 1.00 bits per heavy atom. The summed E-state index contributed by atoms with van der Waals surface area (Å²) in [7, 11) is 0. The zero-order chi connectivity index (χ0) is 18.4. The topological polar surface area (TPSA) is 58.2 Å². The average molecular weight is 338 g/mol. The van der Waals surface area contributed by atoms with Gasteiger partial charge in [0, 0.05) is 22.9 Å². The minimum atomic E-state index is -0.206. The molecule has 1 unspecified atom stereocenters. The molecule has 0 bridgehead atoms. The molecule has 2 rings (SSSR count). The highest BCUT2D eigenvalue weighted by Crippen LogP contribution is 2.22. The van der Waals surface area contributed by atoms with Gasteiger partial charge < -0.3 is 10.6 Å². The van der Waals surface area contributed by atoms with E-state index in [1.807, 2.05) is 39.0 Å². The summed E-state index contributed by atoms with van der Waals surface area (Å²) in [5.41, 5.74) is 3.94. The highest BCUT2D eigenvalue weighted by molar-refractivity contribution is 6.06. The number of nitrogens with one attached hydrogen (secondary N) is 2. The third-order valence-corrected chi connectivity index (χ3v) is 4.36. The number of benzene rings is 2. The Kier molecular flexibility index (Phi) is 6.34. The van der Waals surface area contributed by atoms with Crippen LogP contribution in [0.3, 0.4) is 0 Å². The molecule has 0 saturated carbocycles. The summed E-state index contributed by atoms with van der Waals surface area (Å²) >= 11 is 0. The molecule has 0 spiro atoms. The number of aryl methyl sites for hydroxylation is 2. The van der Waals surface area contributed by atoms with Gasteiger partial charge in [-0.25, -0.2) is 0 Å². The molecule has 132 valence electrons. The molecular weight excluding hydrogens is 312 g/mol. The molecule has 0 saturated heterocycles. The zero-order valence-corrected chi connectivity index (χ0v) is 15.3. The Bertz CT molecular complexity index is 768. The monoisotopic (exact) mass is 338 g/mol. The lowest BCUT2D eigenvalue weighted by Gasteiger charge is -2.14. The first-order valence-electron chi connectivity index (χ1n) is 8.77. The van der Waals surface area contributed by atoms with E-state index in [1.165, 1.54) is 0 Å². The van der Waals surface area contributed by atoms with Crippen LogP contribution in [-0.2, 0) is 6.42 Å². The third kappa shape index (κ3) is 4.69. The van der Waals surface area contributed by atoms with Gasteiger partial charge in [0.25, 0.3) is 11.8 Å². The van der Waals surface area contributed by atoms with E-state index < -0.39 is 0 Å². The molecule has 2 N–H and O–H groups in total. The standard InChI is InChI=1S/C21H26N2O2/c1-5-15(4)22-20(24)17-11-8-12-18(13-17)21(25)23-19-14(3)9-7-10-16(19)6-2/h7-13,15H,5-6H2,1-4H3,(H,22,24)(H,23,25). The molecule has 0 aromatic heterocycles. The molecule has 25 heavy (non-hydrogen) atoms. The second kappa shape index (κ2) is 8.47. The van der Waals surface area contributed by atoms with Gasteiger partial charge in [0.2, 0.25) is 0 Å². The number of rotatable bonds is 6. The summed E-state index contributed by atoms with van der Waals surface area (Å²) in [6, 6.07) is 12.9. The largest absolute Gasteiger partial charge is 0.350 e. The summed E-state index contributed by atoms with van der Waals surface area (Å²) in [5, 5.41) is 5.91. The first kappa shape index (κ1) is 18.7. The van der Waals surface area contributed by atoms with Crippen LogP contribution < -0.4 is 10.6 Å². The van der Waals surface area contributed by atoms with Crippen molar-refractivity contribution in [3.8, 4) is 0 Å². The molecule has 1 atom stereocenters. The maximum Gasteiger partial charge on any atom is 0.255 e. The Morgan fingerprint density at radius 3 is 2.28 bits per heavy atom. The van der Waals surface area contributed by atoms with Gasteiger partial charge in [0.1, 0.15) is 0 Å². The van der Waals surface area contributed by atoms with Gasteiger partial charge >= 0.3 is 0 Å². The van der Waals surface area contributed by atoms with Crippen molar-refractivity contribution >= 4 is 17.5 Å². The summed E-state index contributed by atoms with van der Waals surface area (Å²) in [5.74, 6) is -0.365. The van der Waals surface area contributed by atoms with Gasteiger partial charge in [0.15, 0.2) is 0 Å². The van der Waals surface area contributed by atoms with Crippen molar-refractivity contribution < 1.29 is 9.59 Å². The third-order valence-electron chi connectivity index (χ3n) is 4.36. The second-order valence-corrected chi connectivity index (χ2v) is 6.28. The minimum absolute atomic E-state index is 0.101. The van der Waals surface area contributed by atoms with Crippen LogP contribution in [-0.4, -0.2) is 17.9 Å². The maximum atomic E-state index is 12.6. The Balaban J connectivity index is 2.21. The number of para-hydroxylation sites is 1. The van der Waals surface area contributed by atoms with Crippen LogP contribution >= 0.6 is 0 Å². The highest BCUT2D eigenvalue weighted by Gasteiger charge is 2.14. The van der Waals surface area contributed by atoms with Crippen LogP contribution in [0.2, 0.25) is 0 Å². The normalized spacial score (nSPS) is 11.7. The molecular formula is C21H26N2O2. The second-order valence-electron chi connectivity index (χ2n) is 6.28. The fraction of sp³-hybridized carbons (Fsp3) is 0.333. The lowest BCUT2D eigenvalue weighted by atomic mass is 10.0. The summed E-state index contributed by atoms with van der Waals surface area (Å²) in [6.07, 6.45) is 1.70. The molecule has 0 fully saturated rings. The predicted molar refractivity (Wildman–Crippen MR) is 102 cm³/mol. The van der Waals surface area contributed by atoms with Crippen LogP contribution in [0, 0.1) is 6.92 Å². The smallest absolute Gasteiger partial charge is 0.255 e. The number of hydrogen-bond acceptors (Lipinski definition) is 2. The number of amides is 2. The van der Waals surface area contributed by atoms with Gasteiger partial charge in [-0.05, 0) is 56.0 Å². The van der Waals surface area contributed by atoms with Gasteiger partial charge in [0.05, 0.1) is 0 Å². The molecule has 0 aliphatic rings. The number of carbonyl (C=O) groups excluding carboxylic acids is 2. The number of carbonyl (C=O) groups is 2. The van der Waals surface area contributed by atoms with Gasteiger partial charge in [-0.3, -0.25) is 9.59 Å². The fourth-order valence-electron chi connectivity index (χ4n) is 2.60. The van der Waals surface area contributed by atoms with Gasteiger partial charge in [-0.1, -0.05) is 38.1 Å². The van der Waals surface area contributed by atoms with Crippen molar-refractivity contribution in [2.24, 2.45) is 0 Å². The maximum absolute atomic E-state index is 12.6. The van der Waals surface area contributed by atoms with Gasteiger partial charge in [-0.15, -0.1) is 0 Å². The average Bonchev–Trinajstić information content (AvgIpc) is 2.63. The molecule has 4 heteroatoms. The van der Waals surface area contributed by atoms with E-state index in [0.29, 0.717) is 11.1 Å². The van der Waals surface area contributed by atoms with Crippen molar-refractivity contribution in [3.05, 3.63) is 64.7 Å². The van der Waals surface area contributed by atoms with Crippen LogP contribution in [0.1, 0.15) is 59.0 Å². The van der Waals surface area contributed by atoms with Crippen LogP contribution in [0.25, 0.3) is 0 Å². The van der Waals surface area contributed by atoms with Gasteiger partial charge in [-0.2, -0.15) is 0 Å². The van der Waals surface area contributed by atoms with Crippen molar-refractivity contribution in [2.45, 2.75) is 46.6 Å². The molecule has 0 aliphatic carbocycles. The first-order valence-corrected chi connectivity index (χ1v) is 8.77. The van der Waals surface area contributed by atoms with E-state index in [0.717, 1.165) is 29.7 Å². The van der Waals surface area contributed by atoms with Crippen LogP contribution in [0.15, 0.2) is 42.5 Å². The molecule has 4 nitrogen and oxygen atoms in total. The van der Waals surface area contributed by atoms with Crippen LogP contribution in [0.5, 0.6) is 0 Å². The minimum Gasteiger partial charge on any atom is -0.350 e. The SMILES string of the molecule is CCc1cccc(C)c1NC(=O)c1cccc(C(=O)NC(C)CC)c1. The van der Waals surface area contributed by atoms with E-state index in [1.54, 1.807) is 24.3 Å². The zero-order valence-electron chi connectivity index (χ0n) is 15.3.